The molecule has 0 saturated carbocycles. The lowest BCUT2D eigenvalue weighted by Gasteiger charge is -1.96. The van der Waals surface area contributed by atoms with Gasteiger partial charge in [-0.25, -0.2) is 0 Å². The summed E-state index contributed by atoms with van der Waals surface area (Å²) in [6.07, 6.45) is 3.91. The predicted octanol–water partition coefficient (Wildman–Crippen LogP) is 10.9. The maximum Gasteiger partial charge on any atom is 0.110 e. The van der Waals surface area contributed by atoms with Crippen LogP contribution in [0.15, 0.2) is 60.7 Å². The first-order valence-corrected chi connectivity index (χ1v) is 17.8. The molecule has 10 heteroatoms. The molecule has 6 aromatic rings. The van der Waals surface area contributed by atoms with Gasteiger partial charge in [-0.3, -0.25) is 0 Å². The number of hydrogen-bond acceptors (Lipinski definition) is 10. The number of hydrogen-bond donors (Lipinski definition) is 1. The number of allylic oxidation sites excluding steroid dienone is 1. The highest BCUT2D eigenvalue weighted by Gasteiger charge is 2.15. The van der Waals surface area contributed by atoms with Gasteiger partial charge in [0.15, 0.2) is 0 Å². The van der Waals surface area contributed by atoms with Gasteiger partial charge in [0.25, 0.3) is 0 Å². The third-order valence-corrected chi connectivity index (χ3v) is 13.6. The maximum atomic E-state index is 9.74. The van der Waals surface area contributed by atoms with Crippen molar-refractivity contribution in [2.75, 3.05) is 0 Å². The third kappa shape index (κ3) is 6.06. The van der Waals surface area contributed by atoms with Crippen LogP contribution in [0.25, 0.3) is 52.7 Å². The summed E-state index contributed by atoms with van der Waals surface area (Å²) < 4.78 is 0. The van der Waals surface area contributed by atoms with E-state index >= 15 is 0 Å². The Labute approximate surface area is 273 Å². The van der Waals surface area contributed by atoms with Gasteiger partial charge >= 0.3 is 0 Å². The van der Waals surface area contributed by atoms with E-state index in [1.807, 2.05) is 24.3 Å². The average molecular weight is 665 g/mol. The first kappa shape index (κ1) is 29.0. The van der Waals surface area contributed by atoms with E-state index < -0.39 is 0 Å². The molecule has 4 nitrogen and oxygen atoms in total. The Bertz CT molecular complexity index is 2170. The first-order valence-electron chi connectivity index (χ1n) is 12.9. The molecule has 2 N–H and O–H groups in total. The fraction of sp³-hybridized carbons (Fsp3) is 0.0606. The molecular weight excluding hydrogens is 645 g/mol. The van der Waals surface area contributed by atoms with Gasteiger partial charge in [-0.15, -0.1) is 68.0 Å². The zero-order valence-corrected chi connectivity index (χ0v) is 27.7. The molecule has 0 aliphatic rings. The van der Waals surface area contributed by atoms with Crippen molar-refractivity contribution in [3.05, 3.63) is 101 Å². The minimum absolute atomic E-state index is 0.571. The summed E-state index contributed by atoms with van der Waals surface area (Å²) in [5, 5.41) is 28.0. The Hall–Kier alpha value is -4.05. The first-order chi connectivity index (χ1) is 20.8. The Balaban J connectivity index is 1.22. The second-order valence-electron chi connectivity index (χ2n) is 9.47. The molecule has 0 radical (unpaired) electrons. The summed E-state index contributed by atoms with van der Waals surface area (Å²) >= 11 is 9.72. The number of rotatable bonds is 7. The van der Waals surface area contributed by atoms with E-state index in [-0.39, 0.29) is 0 Å². The summed E-state index contributed by atoms with van der Waals surface area (Å²) in [6, 6.07) is 26.9. The van der Waals surface area contributed by atoms with Gasteiger partial charge in [-0.2, -0.15) is 15.8 Å². The zero-order valence-electron chi connectivity index (χ0n) is 22.8. The quantitative estimate of drug-likeness (QED) is 0.172. The van der Waals surface area contributed by atoms with Gasteiger partial charge in [0.1, 0.15) is 28.0 Å². The van der Waals surface area contributed by atoms with Gasteiger partial charge in [0.05, 0.1) is 16.1 Å². The number of aryl methyl sites for hydroxylation is 2. The number of thiophene rings is 6. The molecule has 0 aromatic carbocycles. The molecule has 6 heterocycles. The molecule has 0 amide bonds. The van der Waals surface area contributed by atoms with Crippen LogP contribution in [-0.2, 0) is 0 Å². The van der Waals surface area contributed by atoms with E-state index in [0.29, 0.717) is 21.0 Å². The van der Waals surface area contributed by atoms with Crippen molar-refractivity contribution >= 4 is 91.4 Å². The van der Waals surface area contributed by atoms with Crippen molar-refractivity contribution in [2.24, 2.45) is 5.73 Å². The van der Waals surface area contributed by atoms with E-state index in [2.05, 4.69) is 68.5 Å². The second kappa shape index (κ2) is 12.3. The Kier molecular flexibility index (Phi) is 8.30. The number of nitriles is 3. The van der Waals surface area contributed by atoms with Crippen LogP contribution in [0.5, 0.6) is 0 Å². The monoisotopic (exact) mass is 664 g/mol. The lowest BCUT2D eigenvalue weighted by Crippen LogP contribution is -1.91. The summed E-state index contributed by atoms with van der Waals surface area (Å²) in [7, 11) is 0. The van der Waals surface area contributed by atoms with Crippen LogP contribution < -0.4 is 5.73 Å². The Morgan fingerprint density at radius 3 is 1.60 bits per heavy atom. The van der Waals surface area contributed by atoms with Gasteiger partial charge in [0.2, 0.25) is 0 Å². The highest BCUT2D eigenvalue weighted by Crippen LogP contribution is 2.45. The van der Waals surface area contributed by atoms with Crippen molar-refractivity contribution in [1.82, 2.24) is 0 Å². The van der Waals surface area contributed by atoms with E-state index in [9.17, 15) is 5.26 Å². The largest absolute Gasteiger partial charge is 0.398 e. The van der Waals surface area contributed by atoms with Gasteiger partial charge in [-0.05, 0) is 97.8 Å². The highest BCUT2D eigenvalue weighted by molar-refractivity contribution is 7.28. The van der Waals surface area contributed by atoms with Crippen LogP contribution in [0.3, 0.4) is 0 Å². The molecule has 208 valence electrons. The molecule has 0 bridgehead atoms. The van der Waals surface area contributed by atoms with Crippen LogP contribution >= 0.6 is 68.0 Å². The fourth-order valence-electron chi connectivity index (χ4n) is 4.45. The number of nitrogens with zero attached hydrogens (tertiary/aromatic N) is 3. The van der Waals surface area contributed by atoms with Crippen LogP contribution in [0.2, 0.25) is 0 Å². The van der Waals surface area contributed by atoms with Gasteiger partial charge in [-0.1, -0.05) is 0 Å². The second-order valence-corrected chi connectivity index (χ2v) is 16.0. The smallest absolute Gasteiger partial charge is 0.110 e. The molecule has 0 aliphatic heterocycles. The van der Waals surface area contributed by atoms with Crippen molar-refractivity contribution in [2.45, 2.75) is 13.8 Å². The topological polar surface area (TPSA) is 97.4 Å². The minimum Gasteiger partial charge on any atom is -0.398 e. The Morgan fingerprint density at radius 2 is 1.09 bits per heavy atom. The lowest BCUT2D eigenvalue weighted by molar-refractivity contribution is 1.52. The molecule has 0 spiro atoms. The SMILES string of the molecule is Cc1cc(/C=C(\N)c2ccc(C#N)s2)sc1-c1ccc(-c2ccc(-c3sc(/C=C(\C#N)c4ccc(C#N)s4)cc3C)s2)s1. The summed E-state index contributed by atoms with van der Waals surface area (Å²) in [5.41, 5.74) is 9.98. The summed E-state index contributed by atoms with van der Waals surface area (Å²) in [5.74, 6) is 0. The van der Waals surface area contributed by atoms with Crippen molar-refractivity contribution < 1.29 is 0 Å². The molecule has 0 saturated heterocycles. The van der Waals surface area contributed by atoms with Crippen LogP contribution in [0, 0.1) is 47.8 Å². The van der Waals surface area contributed by atoms with Gasteiger partial charge in [0, 0.05) is 43.9 Å². The van der Waals surface area contributed by atoms with Crippen LogP contribution in [0.4, 0.5) is 0 Å². The number of nitrogens with two attached hydrogens (primary N) is 1. The molecule has 0 unspecified atom stereocenters. The van der Waals surface area contributed by atoms with Gasteiger partial charge < -0.3 is 5.73 Å². The summed E-state index contributed by atoms with van der Waals surface area (Å²) in [6.45, 7) is 4.24. The molecule has 0 fully saturated rings. The average Bonchev–Trinajstić information content (AvgIpc) is 3.84. The standard InChI is InChI=1S/C33H20N4S6/c1-18-11-23(13-20(15-34)26-5-3-21(16-35)38-26)40-32(18)30-9-7-28(42-30)29-8-10-31(43-29)33-19(2)12-24(41-33)14-25(37)27-6-4-22(17-36)39-27/h3-14H,37H2,1-2H3/b20-13+,25-14-. The van der Waals surface area contributed by atoms with Crippen LogP contribution in [0.1, 0.15) is 40.4 Å². The van der Waals surface area contributed by atoms with Crippen LogP contribution in [-0.4, -0.2) is 0 Å². The molecule has 0 aliphatic carbocycles. The van der Waals surface area contributed by atoms with E-state index in [0.717, 1.165) is 19.5 Å². The molecule has 6 aromatic heterocycles. The molecule has 0 atom stereocenters. The third-order valence-electron chi connectivity index (χ3n) is 6.46. The normalized spacial score (nSPS) is 11.8. The van der Waals surface area contributed by atoms with Crippen molar-refractivity contribution in [3.63, 3.8) is 0 Å². The highest BCUT2D eigenvalue weighted by atomic mass is 32.1. The summed E-state index contributed by atoms with van der Waals surface area (Å²) in [4.78, 5) is 12.4. The van der Waals surface area contributed by atoms with E-state index in [4.69, 9.17) is 16.3 Å². The minimum atomic E-state index is 0.571. The Morgan fingerprint density at radius 1 is 0.605 bits per heavy atom. The molecule has 6 rings (SSSR count). The maximum absolute atomic E-state index is 9.74. The van der Waals surface area contributed by atoms with E-state index in [1.54, 1.807) is 57.5 Å². The fourth-order valence-corrected chi connectivity index (χ4v) is 10.6. The molecule has 43 heavy (non-hydrogen) atoms. The zero-order chi connectivity index (χ0) is 30.1. The lowest BCUT2D eigenvalue weighted by atomic mass is 10.2. The van der Waals surface area contributed by atoms with Crippen molar-refractivity contribution in [3.8, 4) is 47.5 Å². The van der Waals surface area contributed by atoms with E-state index in [1.165, 1.54) is 63.1 Å². The molecular formula is C33H20N4S6. The predicted molar refractivity (Wildman–Crippen MR) is 187 cm³/mol. The van der Waals surface area contributed by atoms with Crippen molar-refractivity contribution in [1.29, 1.82) is 15.8 Å².